The summed E-state index contributed by atoms with van der Waals surface area (Å²) in [6, 6.07) is 9.45. The highest BCUT2D eigenvalue weighted by Gasteiger charge is 2.15. The van der Waals surface area contributed by atoms with Crippen LogP contribution in [0.15, 0.2) is 36.9 Å². The van der Waals surface area contributed by atoms with Gasteiger partial charge in [-0.3, -0.25) is 4.79 Å². The number of hydrogen-bond acceptors (Lipinski definition) is 5. The van der Waals surface area contributed by atoms with E-state index in [1.165, 1.54) is 17.7 Å². The molecule has 120 valence electrons. The Morgan fingerprint density at radius 2 is 2.08 bits per heavy atom. The summed E-state index contributed by atoms with van der Waals surface area (Å²) in [7, 11) is 0. The number of nitrogens with zero attached hydrogens (tertiary/aromatic N) is 4. The Kier molecular flexibility index (Phi) is 4.40. The van der Waals surface area contributed by atoms with Gasteiger partial charge in [-0.25, -0.2) is 9.67 Å². The Labute approximate surface area is 143 Å². The minimum Gasteiger partial charge on any atom is -0.312 e. The average molecular weight is 337 g/mol. The van der Waals surface area contributed by atoms with Crippen LogP contribution in [0.4, 0.5) is 5.00 Å². The van der Waals surface area contributed by atoms with Crippen molar-refractivity contribution in [2.24, 2.45) is 0 Å². The van der Waals surface area contributed by atoms with Gasteiger partial charge in [0.05, 0.1) is 12.1 Å². The van der Waals surface area contributed by atoms with Crippen molar-refractivity contribution in [3.05, 3.63) is 64.1 Å². The molecule has 24 heavy (non-hydrogen) atoms. The minimum absolute atomic E-state index is 0.222. The van der Waals surface area contributed by atoms with Crippen LogP contribution in [0.2, 0.25) is 0 Å². The van der Waals surface area contributed by atoms with Crippen LogP contribution in [0.25, 0.3) is 0 Å². The lowest BCUT2D eigenvalue weighted by molar-refractivity contribution is 0.102. The number of nitrogens with one attached hydrogen (secondary N) is 1. The van der Waals surface area contributed by atoms with E-state index < -0.39 is 0 Å². The van der Waals surface area contributed by atoms with Crippen molar-refractivity contribution in [1.29, 1.82) is 5.26 Å². The average Bonchev–Trinajstić information content (AvgIpc) is 3.17. The molecule has 0 fully saturated rings. The molecule has 0 aliphatic heterocycles. The van der Waals surface area contributed by atoms with E-state index in [-0.39, 0.29) is 5.91 Å². The molecular formula is C17H15N5OS. The smallest absolute Gasteiger partial charge is 0.256 e. The number of benzene rings is 1. The van der Waals surface area contributed by atoms with E-state index >= 15 is 0 Å². The zero-order valence-corrected chi connectivity index (χ0v) is 14.1. The van der Waals surface area contributed by atoms with E-state index in [0.717, 1.165) is 16.0 Å². The molecule has 0 aliphatic carbocycles. The number of thiophene rings is 1. The lowest BCUT2D eigenvalue weighted by atomic mass is 10.1. The maximum absolute atomic E-state index is 12.4. The lowest BCUT2D eigenvalue weighted by Crippen LogP contribution is -2.12. The summed E-state index contributed by atoms with van der Waals surface area (Å²) in [4.78, 5) is 17.3. The van der Waals surface area contributed by atoms with E-state index in [2.05, 4.69) is 21.5 Å². The third-order valence-electron chi connectivity index (χ3n) is 3.75. The summed E-state index contributed by atoms with van der Waals surface area (Å²) in [5.74, 6) is -0.222. The number of carbonyl (C=O) groups is 1. The van der Waals surface area contributed by atoms with Gasteiger partial charge in [0, 0.05) is 10.4 Å². The second kappa shape index (κ2) is 6.64. The number of carbonyl (C=O) groups excluding carboxylic acids is 1. The first-order chi connectivity index (χ1) is 11.6. The first-order valence-electron chi connectivity index (χ1n) is 7.31. The maximum atomic E-state index is 12.4. The van der Waals surface area contributed by atoms with Crippen LogP contribution >= 0.6 is 11.3 Å². The van der Waals surface area contributed by atoms with Gasteiger partial charge in [-0.1, -0.05) is 12.1 Å². The number of aryl methyl sites for hydroxylation is 1. The fourth-order valence-electron chi connectivity index (χ4n) is 2.29. The molecule has 3 aromatic rings. The number of amides is 1. The molecule has 1 amide bonds. The molecular weight excluding hydrogens is 322 g/mol. The molecule has 0 saturated carbocycles. The number of rotatable bonds is 4. The van der Waals surface area contributed by atoms with Crippen LogP contribution in [0, 0.1) is 25.2 Å². The first kappa shape index (κ1) is 15.9. The van der Waals surface area contributed by atoms with Gasteiger partial charge >= 0.3 is 0 Å². The monoisotopic (exact) mass is 337 g/mol. The molecule has 1 N–H and O–H groups in total. The van der Waals surface area contributed by atoms with Crippen molar-refractivity contribution in [2.75, 3.05) is 5.32 Å². The zero-order valence-electron chi connectivity index (χ0n) is 13.3. The highest BCUT2D eigenvalue weighted by molar-refractivity contribution is 7.16. The van der Waals surface area contributed by atoms with Gasteiger partial charge in [0.1, 0.15) is 23.7 Å². The Bertz CT molecular complexity index is 904. The van der Waals surface area contributed by atoms with Gasteiger partial charge in [-0.2, -0.15) is 10.4 Å². The topological polar surface area (TPSA) is 83.6 Å². The van der Waals surface area contributed by atoms with Crippen molar-refractivity contribution in [3.8, 4) is 6.07 Å². The highest BCUT2D eigenvalue weighted by Crippen LogP contribution is 2.31. The predicted octanol–water partition coefficient (Wildman–Crippen LogP) is 3.13. The summed E-state index contributed by atoms with van der Waals surface area (Å²) in [6.45, 7) is 4.43. The third-order valence-corrected chi connectivity index (χ3v) is 4.87. The van der Waals surface area contributed by atoms with Crippen LogP contribution in [0.3, 0.4) is 0 Å². The van der Waals surface area contributed by atoms with Crippen molar-refractivity contribution in [2.45, 2.75) is 20.4 Å². The van der Waals surface area contributed by atoms with Crippen LogP contribution in [0.5, 0.6) is 0 Å². The normalized spacial score (nSPS) is 10.4. The summed E-state index contributed by atoms with van der Waals surface area (Å²) >= 11 is 1.42. The van der Waals surface area contributed by atoms with Crippen molar-refractivity contribution in [3.63, 3.8) is 0 Å². The van der Waals surface area contributed by atoms with Crippen LogP contribution in [-0.4, -0.2) is 20.7 Å². The molecule has 0 aliphatic rings. The Balaban J connectivity index is 1.74. The summed E-state index contributed by atoms with van der Waals surface area (Å²) in [5.41, 5.74) is 3.03. The third kappa shape index (κ3) is 3.19. The van der Waals surface area contributed by atoms with Gasteiger partial charge in [0.2, 0.25) is 0 Å². The fourth-order valence-corrected chi connectivity index (χ4v) is 3.29. The van der Waals surface area contributed by atoms with Gasteiger partial charge in [0.25, 0.3) is 5.91 Å². The fraction of sp³-hybridized carbons (Fsp3) is 0.176. The summed E-state index contributed by atoms with van der Waals surface area (Å²) in [6.07, 6.45) is 3.13. The molecule has 1 aromatic carbocycles. The Hall–Kier alpha value is -2.98. The zero-order chi connectivity index (χ0) is 17.1. The van der Waals surface area contributed by atoms with Crippen LogP contribution in [0.1, 0.15) is 31.9 Å². The molecule has 0 saturated heterocycles. The van der Waals surface area contributed by atoms with E-state index in [4.69, 9.17) is 0 Å². The minimum atomic E-state index is -0.222. The molecule has 0 spiro atoms. The lowest BCUT2D eigenvalue weighted by Gasteiger charge is -2.05. The second-order valence-electron chi connectivity index (χ2n) is 5.34. The standard InChI is InChI=1S/C17H15N5OS/c1-11-12(2)24-17(15(11)7-18)21-16(23)14-5-3-13(4-6-14)8-22-10-19-9-20-22/h3-6,9-10H,8H2,1-2H3,(H,21,23). The second-order valence-corrected chi connectivity index (χ2v) is 6.57. The van der Waals surface area contributed by atoms with E-state index in [9.17, 15) is 10.1 Å². The van der Waals surface area contributed by atoms with Gasteiger partial charge in [0.15, 0.2) is 0 Å². The van der Waals surface area contributed by atoms with Crippen LogP contribution < -0.4 is 5.32 Å². The molecule has 0 unspecified atom stereocenters. The largest absolute Gasteiger partial charge is 0.312 e. The van der Waals surface area contributed by atoms with E-state index in [1.807, 2.05) is 26.0 Å². The Morgan fingerprint density at radius 3 is 2.71 bits per heavy atom. The van der Waals surface area contributed by atoms with Gasteiger partial charge in [-0.15, -0.1) is 11.3 Å². The SMILES string of the molecule is Cc1sc(NC(=O)c2ccc(Cn3cncn3)cc2)c(C#N)c1C. The summed E-state index contributed by atoms with van der Waals surface area (Å²) < 4.78 is 1.71. The molecule has 6 nitrogen and oxygen atoms in total. The Morgan fingerprint density at radius 1 is 1.33 bits per heavy atom. The molecule has 2 aromatic heterocycles. The van der Waals surface area contributed by atoms with Crippen molar-refractivity contribution < 1.29 is 4.79 Å². The number of anilines is 1. The van der Waals surface area contributed by atoms with Gasteiger partial charge < -0.3 is 5.32 Å². The molecule has 3 rings (SSSR count). The molecule has 7 heteroatoms. The molecule has 2 heterocycles. The van der Waals surface area contributed by atoms with E-state index in [1.54, 1.807) is 23.1 Å². The first-order valence-corrected chi connectivity index (χ1v) is 8.13. The quantitative estimate of drug-likeness (QED) is 0.793. The number of hydrogen-bond donors (Lipinski definition) is 1. The molecule has 0 radical (unpaired) electrons. The van der Waals surface area contributed by atoms with Gasteiger partial charge in [-0.05, 0) is 37.1 Å². The van der Waals surface area contributed by atoms with Crippen molar-refractivity contribution >= 4 is 22.2 Å². The number of aromatic nitrogens is 3. The molecule has 0 bridgehead atoms. The van der Waals surface area contributed by atoms with Crippen LogP contribution in [-0.2, 0) is 6.54 Å². The van der Waals surface area contributed by atoms with E-state index in [0.29, 0.717) is 22.7 Å². The highest BCUT2D eigenvalue weighted by atomic mass is 32.1. The van der Waals surface area contributed by atoms with Crippen molar-refractivity contribution in [1.82, 2.24) is 14.8 Å². The summed E-state index contributed by atoms with van der Waals surface area (Å²) in [5, 5.41) is 16.7. The predicted molar refractivity (Wildman–Crippen MR) is 92.0 cm³/mol. The number of nitriles is 1. The maximum Gasteiger partial charge on any atom is 0.256 e. The molecule has 0 atom stereocenters.